The second kappa shape index (κ2) is 5.53. The van der Waals surface area contributed by atoms with Crippen LogP contribution < -0.4 is 0 Å². The summed E-state index contributed by atoms with van der Waals surface area (Å²) in [6.45, 7) is 0. The quantitative estimate of drug-likeness (QED) is 0.240. The van der Waals surface area contributed by atoms with E-state index in [4.69, 9.17) is 25.3 Å². The average molecular weight is 198 g/mol. The second-order valence-corrected chi connectivity index (χ2v) is 3.03. The zero-order chi connectivity index (χ0) is 9.72. The van der Waals surface area contributed by atoms with Crippen LogP contribution in [0.15, 0.2) is 0 Å². The van der Waals surface area contributed by atoms with E-state index in [9.17, 15) is 4.79 Å². The van der Waals surface area contributed by atoms with Gasteiger partial charge in [0, 0.05) is 8.81 Å². The van der Waals surface area contributed by atoms with Gasteiger partial charge in [-0.25, -0.2) is 0 Å². The van der Waals surface area contributed by atoms with Crippen molar-refractivity contribution in [3.05, 3.63) is 0 Å². The van der Waals surface area contributed by atoms with Crippen molar-refractivity contribution in [2.24, 2.45) is 0 Å². The van der Waals surface area contributed by atoms with E-state index in [1.807, 2.05) is 0 Å². The molecule has 0 saturated heterocycles. The van der Waals surface area contributed by atoms with Gasteiger partial charge in [0.05, 0.1) is 0 Å². The molecule has 0 aromatic rings. The molecule has 5 atom stereocenters. The first-order valence-electron chi connectivity index (χ1n) is 3.11. The third-order valence-electron chi connectivity index (χ3n) is 1.30. The summed E-state index contributed by atoms with van der Waals surface area (Å²) in [5.41, 5.74) is 0. The van der Waals surface area contributed by atoms with E-state index >= 15 is 0 Å². The van der Waals surface area contributed by atoms with Crippen molar-refractivity contribution in [1.82, 2.24) is 0 Å². The van der Waals surface area contributed by atoms with Crippen LogP contribution in [-0.4, -0.2) is 55.8 Å². The highest BCUT2D eigenvalue weighted by Crippen LogP contribution is 2.17. The van der Waals surface area contributed by atoms with Crippen LogP contribution in [0.2, 0.25) is 0 Å². The summed E-state index contributed by atoms with van der Waals surface area (Å²) >= 11 is 0. The number of aliphatic hydroxyl groups is 4. The number of hydrogen-bond acceptors (Lipinski definition) is 6. The Balaban J connectivity index is 4.07. The summed E-state index contributed by atoms with van der Waals surface area (Å²) in [5, 5.41) is 35.2. The predicted octanol–water partition coefficient (Wildman–Crippen LogP) is -2.83. The Hall–Kier alpha value is -0.1000. The fraction of sp³-hybridized carbons (Fsp3) is 0.800. The Labute approximate surface area is 70.3 Å². The Morgan fingerprint density at radius 1 is 1.08 bits per heavy atom. The lowest BCUT2D eigenvalue weighted by Crippen LogP contribution is -2.43. The molecular formula is C5H11O6P. The number of rotatable bonds is 5. The molecule has 0 heterocycles. The minimum absolute atomic E-state index is 0.0289. The van der Waals surface area contributed by atoms with E-state index in [2.05, 4.69) is 0 Å². The standard InChI is InChI=1S/C5H11O6P/c6-1-2(7)3(8)4(9)5(10)12-11/h1-5,7-12H/t2-,3+,4-,5+/m0/s1. The topological polar surface area (TPSA) is 118 Å². The molecule has 12 heavy (non-hydrogen) atoms. The summed E-state index contributed by atoms with van der Waals surface area (Å²) < 4.78 is 0. The van der Waals surface area contributed by atoms with Gasteiger partial charge in [-0.1, -0.05) is 0 Å². The summed E-state index contributed by atoms with van der Waals surface area (Å²) in [7, 11) is -0.983. The van der Waals surface area contributed by atoms with Crippen LogP contribution in [0.4, 0.5) is 0 Å². The lowest BCUT2D eigenvalue weighted by Gasteiger charge is -2.22. The minimum atomic E-state index is -1.78. The van der Waals surface area contributed by atoms with Crippen LogP contribution in [0.25, 0.3) is 0 Å². The first-order chi connectivity index (χ1) is 5.54. The Morgan fingerprint density at radius 2 is 1.58 bits per heavy atom. The number of aldehydes is 1. The van der Waals surface area contributed by atoms with Crippen molar-refractivity contribution in [2.45, 2.75) is 24.2 Å². The zero-order valence-corrected chi connectivity index (χ0v) is 7.03. The summed E-state index contributed by atoms with van der Waals surface area (Å²) in [4.78, 5) is 18.2. The molecule has 0 aliphatic carbocycles. The van der Waals surface area contributed by atoms with Crippen LogP contribution >= 0.6 is 8.81 Å². The van der Waals surface area contributed by atoms with Gasteiger partial charge in [-0.3, -0.25) is 0 Å². The number of carbonyl (C=O) groups excluding carboxylic acids is 1. The van der Waals surface area contributed by atoms with E-state index in [0.717, 1.165) is 0 Å². The van der Waals surface area contributed by atoms with Gasteiger partial charge in [0.15, 0.2) is 6.29 Å². The van der Waals surface area contributed by atoms with Crippen molar-refractivity contribution in [2.75, 3.05) is 0 Å². The highest BCUT2D eigenvalue weighted by atomic mass is 31.1. The fourth-order valence-corrected chi connectivity index (χ4v) is 0.896. The Morgan fingerprint density at radius 3 is 1.92 bits per heavy atom. The average Bonchev–Trinajstić information content (AvgIpc) is 2.12. The molecule has 7 heteroatoms. The van der Waals surface area contributed by atoms with E-state index < -0.39 is 33.0 Å². The van der Waals surface area contributed by atoms with Gasteiger partial charge >= 0.3 is 0 Å². The molecule has 0 aliphatic rings. The van der Waals surface area contributed by atoms with Crippen LogP contribution in [0, 0.1) is 0 Å². The minimum Gasteiger partial charge on any atom is -0.387 e. The molecule has 0 spiro atoms. The van der Waals surface area contributed by atoms with Gasteiger partial charge in [-0.15, -0.1) is 0 Å². The third-order valence-corrected chi connectivity index (χ3v) is 1.90. The maximum atomic E-state index is 9.90. The molecule has 5 N–H and O–H groups in total. The molecule has 0 saturated carbocycles. The molecule has 0 aromatic carbocycles. The molecule has 0 aromatic heterocycles. The van der Waals surface area contributed by atoms with Crippen LogP contribution in [-0.2, 0) is 4.79 Å². The highest BCUT2D eigenvalue weighted by molar-refractivity contribution is 7.31. The first kappa shape index (κ1) is 11.9. The van der Waals surface area contributed by atoms with Crippen LogP contribution in [0.5, 0.6) is 0 Å². The van der Waals surface area contributed by atoms with E-state index in [-0.39, 0.29) is 6.29 Å². The van der Waals surface area contributed by atoms with Gasteiger partial charge < -0.3 is 30.1 Å². The van der Waals surface area contributed by atoms with Gasteiger partial charge in [0.2, 0.25) is 0 Å². The van der Waals surface area contributed by atoms with Crippen molar-refractivity contribution in [3.8, 4) is 0 Å². The third kappa shape index (κ3) is 3.10. The molecule has 0 bridgehead atoms. The van der Waals surface area contributed by atoms with Gasteiger partial charge in [-0.05, 0) is 0 Å². The fourth-order valence-electron chi connectivity index (χ4n) is 0.546. The lowest BCUT2D eigenvalue weighted by molar-refractivity contribution is -0.129. The van der Waals surface area contributed by atoms with Crippen molar-refractivity contribution in [1.29, 1.82) is 0 Å². The van der Waals surface area contributed by atoms with Gasteiger partial charge in [0.1, 0.15) is 24.2 Å². The smallest absolute Gasteiger partial charge is 0.151 e. The summed E-state index contributed by atoms with van der Waals surface area (Å²) in [5.74, 6) is -1.55. The molecule has 0 fully saturated rings. The van der Waals surface area contributed by atoms with Crippen LogP contribution in [0.3, 0.4) is 0 Å². The molecule has 0 rings (SSSR count). The van der Waals surface area contributed by atoms with E-state index in [1.165, 1.54) is 0 Å². The maximum Gasteiger partial charge on any atom is 0.151 e. The first-order valence-corrected chi connectivity index (χ1v) is 4.14. The van der Waals surface area contributed by atoms with Crippen LogP contribution in [0.1, 0.15) is 0 Å². The van der Waals surface area contributed by atoms with Crippen molar-refractivity contribution >= 4 is 15.1 Å². The number of carbonyl (C=O) groups is 1. The Kier molecular flexibility index (Phi) is 5.48. The molecule has 6 nitrogen and oxygen atoms in total. The molecule has 72 valence electrons. The summed E-state index contributed by atoms with van der Waals surface area (Å²) in [6.07, 6.45) is -5.24. The Bertz CT molecular complexity index is 142. The molecule has 0 radical (unpaired) electrons. The number of hydrogen-bond donors (Lipinski definition) is 5. The van der Waals surface area contributed by atoms with Crippen molar-refractivity contribution in [3.63, 3.8) is 0 Å². The van der Waals surface area contributed by atoms with Gasteiger partial charge in [0.25, 0.3) is 0 Å². The monoisotopic (exact) mass is 198 g/mol. The molecular weight excluding hydrogens is 187 g/mol. The predicted molar refractivity (Wildman–Crippen MR) is 40.6 cm³/mol. The van der Waals surface area contributed by atoms with Gasteiger partial charge in [-0.2, -0.15) is 0 Å². The zero-order valence-electron chi connectivity index (χ0n) is 6.03. The molecule has 0 amide bonds. The second-order valence-electron chi connectivity index (χ2n) is 2.18. The summed E-state index contributed by atoms with van der Waals surface area (Å²) in [6, 6.07) is 0. The maximum absolute atomic E-state index is 9.90. The molecule has 0 aliphatic heterocycles. The highest BCUT2D eigenvalue weighted by Gasteiger charge is 2.29. The van der Waals surface area contributed by atoms with E-state index in [0.29, 0.717) is 0 Å². The molecule has 1 unspecified atom stereocenters. The van der Waals surface area contributed by atoms with E-state index in [1.54, 1.807) is 0 Å². The number of aliphatic hydroxyl groups excluding tert-OH is 4. The lowest BCUT2D eigenvalue weighted by atomic mass is 10.1. The normalized spacial score (nSPS) is 22.1. The van der Waals surface area contributed by atoms with Crippen molar-refractivity contribution < 1.29 is 30.1 Å². The SMILES string of the molecule is O=C[C@H](O)[C@@H](O)[C@H](O)[C@H](O)PO. The largest absolute Gasteiger partial charge is 0.387 e.